The summed E-state index contributed by atoms with van der Waals surface area (Å²) in [4.78, 5) is 4.24. The summed E-state index contributed by atoms with van der Waals surface area (Å²) in [5.74, 6) is 2.11. The largest absolute Gasteiger partial charge is 0.492 e. The smallest absolute Gasteiger partial charge is 0.214 e. The topological polar surface area (TPSA) is 69.4 Å². The zero-order valence-electron chi connectivity index (χ0n) is 10.8. The van der Waals surface area contributed by atoms with E-state index in [9.17, 15) is 0 Å². The molecule has 0 saturated heterocycles. The van der Waals surface area contributed by atoms with Crippen LogP contribution in [0.1, 0.15) is 0 Å². The molecular formula is C14H17N3O2. The van der Waals surface area contributed by atoms with Crippen LogP contribution in [-0.2, 0) is 0 Å². The molecule has 19 heavy (non-hydrogen) atoms. The van der Waals surface area contributed by atoms with Crippen molar-refractivity contribution in [1.82, 2.24) is 4.98 Å². The minimum absolute atomic E-state index is 0.530. The number of methoxy groups -OCH3 is 1. The lowest BCUT2D eigenvalue weighted by molar-refractivity contribution is 0.333. The summed E-state index contributed by atoms with van der Waals surface area (Å²) in [6.45, 7) is 1.18. The van der Waals surface area contributed by atoms with Crippen molar-refractivity contribution in [2.75, 3.05) is 31.3 Å². The standard InChI is InChI=1S/C14H17N3O2/c1-18-14-7-3-6-13(17-14)16-8-9-19-12-5-2-4-11(15)10-12/h2-7,10H,8-9,15H2,1H3,(H,16,17). The van der Waals surface area contributed by atoms with Crippen molar-refractivity contribution in [2.45, 2.75) is 0 Å². The molecule has 5 nitrogen and oxygen atoms in total. The Morgan fingerprint density at radius 2 is 2.05 bits per heavy atom. The van der Waals surface area contributed by atoms with Gasteiger partial charge in [0.1, 0.15) is 18.2 Å². The Balaban J connectivity index is 1.77. The second kappa shape index (κ2) is 6.49. The average Bonchev–Trinajstić information content (AvgIpc) is 2.44. The molecule has 0 spiro atoms. The van der Waals surface area contributed by atoms with Gasteiger partial charge in [-0.1, -0.05) is 12.1 Å². The molecule has 0 aliphatic rings. The van der Waals surface area contributed by atoms with Crippen LogP contribution in [0, 0.1) is 0 Å². The molecule has 1 heterocycles. The monoisotopic (exact) mass is 259 g/mol. The van der Waals surface area contributed by atoms with E-state index in [2.05, 4.69) is 10.3 Å². The first-order chi connectivity index (χ1) is 9.28. The molecule has 5 heteroatoms. The number of nitrogen functional groups attached to an aromatic ring is 1. The summed E-state index contributed by atoms with van der Waals surface area (Å²) in [7, 11) is 1.59. The first-order valence-electron chi connectivity index (χ1n) is 6.01. The van der Waals surface area contributed by atoms with E-state index in [0.29, 0.717) is 24.7 Å². The number of hydrogen-bond donors (Lipinski definition) is 2. The van der Waals surface area contributed by atoms with Crippen LogP contribution >= 0.6 is 0 Å². The molecule has 100 valence electrons. The first kappa shape index (κ1) is 13.0. The van der Waals surface area contributed by atoms with E-state index in [0.717, 1.165) is 11.6 Å². The van der Waals surface area contributed by atoms with Crippen LogP contribution in [0.4, 0.5) is 11.5 Å². The zero-order chi connectivity index (χ0) is 13.5. The normalized spacial score (nSPS) is 9.95. The quantitative estimate of drug-likeness (QED) is 0.614. The molecule has 0 amide bonds. The van der Waals surface area contributed by atoms with Gasteiger partial charge in [0.2, 0.25) is 5.88 Å². The Morgan fingerprint density at radius 1 is 1.21 bits per heavy atom. The van der Waals surface area contributed by atoms with Gasteiger partial charge in [-0.3, -0.25) is 0 Å². The molecule has 2 aromatic rings. The maximum Gasteiger partial charge on any atom is 0.214 e. The Hall–Kier alpha value is -2.43. The van der Waals surface area contributed by atoms with Crippen LogP contribution < -0.4 is 20.5 Å². The molecule has 0 aliphatic carbocycles. The van der Waals surface area contributed by atoms with Crippen LogP contribution in [0.2, 0.25) is 0 Å². The summed E-state index contributed by atoms with van der Waals surface area (Å²) in [5, 5.41) is 3.16. The summed E-state index contributed by atoms with van der Waals surface area (Å²) in [6, 6.07) is 12.9. The molecule has 1 aromatic carbocycles. The number of nitrogens with zero attached hydrogens (tertiary/aromatic N) is 1. The summed E-state index contributed by atoms with van der Waals surface area (Å²) in [5.41, 5.74) is 6.36. The predicted molar refractivity (Wildman–Crippen MR) is 75.6 cm³/mol. The van der Waals surface area contributed by atoms with E-state index in [1.165, 1.54) is 0 Å². The lowest BCUT2D eigenvalue weighted by Crippen LogP contribution is -2.12. The number of nitrogens with two attached hydrogens (primary N) is 1. The van der Waals surface area contributed by atoms with Crippen molar-refractivity contribution >= 4 is 11.5 Å². The highest BCUT2D eigenvalue weighted by Crippen LogP contribution is 2.14. The van der Waals surface area contributed by atoms with E-state index in [4.69, 9.17) is 15.2 Å². The van der Waals surface area contributed by atoms with Crippen molar-refractivity contribution in [1.29, 1.82) is 0 Å². The Kier molecular flexibility index (Phi) is 4.44. The Bertz CT molecular complexity index is 532. The van der Waals surface area contributed by atoms with E-state index in [-0.39, 0.29) is 0 Å². The van der Waals surface area contributed by atoms with E-state index in [1.54, 1.807) is 19.2 Å². The fraction of sp³-hybridized carbons (Fsp3) is 0.214. The van der Waals surface area contributed by atoms with Gasteiger partial charge in [-0.2, -0.15) is 4.98 Å². The summed E-state index contributed by atoms with van der Waals surface area (Å²) >= 11 is 0. The van der Waals surface area contributed by atoms with Crippen LogP contribution in [0.5, 0.6) is 11.6 Å². The maximum atomic E-state index is 5.67. The number of rotatable bonds is 6. The number of hydrogen-bond acceptors (Lipinski definition) is 5. The van der Waals surface area contributed by atoms with Crippen molar-refractivity contribution < 1.29 is 9.47 Å². The van der Waals surface area contributed by atoms with Gasteiger partial charge < -0.3 is 20.5 Å². The van der Waals surface area contributed by atoms with Gasteiger partial charge in [0.05, 0.1) is 13.7 Å². The second-order valence-electron chi connectivity index (χ2n) is 3.91. The lowest BCUT2D eigenvalue weighted by Gasteiger charge is -2.09. The molecule has 0 saturated carbocycles. The molecule has 0 fully saturated rings. The van der Waals surface area contributed by atoms with E-state index < -0.39 is 0 Å². The summed E-state index contributed by atoms with van der Waals surface area (Å²) in [6.07, 6.45) is 0. The molecule has 0 unspecified atom stereocenters. The number of aromatic nitrogens is 1. The highest BCUT2D eigenvalue weighted by Gasteiger charge is 1.97. The van der Waals surface area contributed by atoms with Crippen molar-refractivity contribution in [3.05, 3.63) is 42.5 Å². The molecule has 3 N–H and O–H groups in total. The highest BCUT2D eigenvalue weighted by atomic mass is 16.5. The number of benzene rings is 1. The predicted octanol–water partition coefficient (Wildman–Crippen LogP) is 2.16. The average molecular weight is 259 g/mol. The zero-order valence-corrected chi connectivity index (χ0v) is 10.8. The van der Waals surface area contributed by atoms with E-state index >= 15 is 0 Å². The van der Waals surface area contributed by atoms with Crippen molar-refractivity contribution in [2.24, 2.45) is 0 Å². The van der Waals surface area contributed by atoms with Crippen LogP contribution in [0.15, 0.2) is 42.5 Å². The van der Waals surface area contributed by atoms with E-state index in [1.807, 2.05) is 30.3 Å². The molecular weight excluding hydrogens is 242 g/mol. The third-order valence-electron chi connectivity index (χ3n) is 2.47. The minimum atomic E-state index is 0.530. The lowest BCUT2D eigenvalue weighted by atomic mass is 10.3. The molecule has 0 radical (unpaired) electrons. The molecule has 2 rings (SSSR count). The summed E-state index contributed by atoms with van der Waals surface area (Å²) < 4.78 is 10.6. The molecule has 0 aliphatic heterocycles. The second-order valence-corrected chi connectivity index (χ2v) is 3.91. The van der Waals surface area contributed by atoms with Gasteiger partial charge >= 0.3 is 0 Å². The maximum absolute atomic E-state index is 5.67. The fourth-order valence-electron chi connectivity index (χ4n) is 1.58. The number of pyridine rings is 1. The van der Waals surface area contributed by atoms with Crippen LogP contribution in [0.3, 0.4) is 0 Å². The third kappa shape index (κ3) is 4.06. The van der Waals surface area contributed by atoms with Crippen molar-refractivity contribution in [3.63, 3.8) is 0 Å². The van der Waals surface area contributed by atoms with Crippen LogP contribution in [0.25, 0.3) is 0 Å². The Labute approximate surface area is 112 Å². The Morgan fingerprint density at radius 3 is 2.84 bits per heavy atom. The van der Waals surface area contributed by atoms with Gasteiger partial charge in [-0.05, 0) is 18.2 Å². The van der Waals surface area contributed by atoms with Gasteiger partial charge in [0.25, 0.3) is 0 Å². The van der Waals surface area contributed by atoms with Crippen LogP contribution in [-0.4, -0.2) is 25.2 Å². The van der Waals surface area contributed by atoms with Gasteiger partial charge in [0, 0.05) is 17.8 Å². The SMILES string of the molecule is COc1cccc(NCCOc2cccc(N)c2)n1. The molecule has 1 aromatic heterocycles. The number of ether oxygens (including phenoxy) is 2. The highest BCUT2D eigenvalue weighted by molar-refractivity contribution is 5.43. The number of nitrogens with one attached hydrogen (secondary N) is 1. The number of anilines is 2. The van der Waals surface area contributed by atoms with Gasteiger partial charge in [-0.15, -0.1) is 0 Å². The third-order valence-corrected chi connectivity index (χ3v) is 2.47. The van der Waals surface area contributed by atoms with Crippen molar-refractivity contribution in [3.8, 4) is 11.6 Å². The molecule has 0 atom stereocenters. The minimum Gasteiger partial charge on any atom is -0.492 e. The van der Waals surface area contributed by atoms with Gasteiger partial charge in [-0.25, -0.2) is 0 Å². The molecule has 0 bridgehead atoms. The fourth-order valence-corrected chi connectivity index (χ4v) is 1.58. The van der Waals surface area contributed by atoms with Gasteiger partial charge in [0.15, 0.2) is 0 Å². The first-order valence-corrected chi connectivity index (χ1v) is 6.01.